The second kappa shape index (κ2) is 34.5. The quantitative estimate of drug-likeness (QED) is 0.0629. The highest BCUT2D eigenvalue weighted by molar-refractivity contribution is 6.07. The summed E-state index contributed by atoms with van der Waals surface area (Å²) in [5.74, 6) is 2.60. The topological polar surface area (TPSA) is 80.9 Å². The molecule has 11 aromatic carbocycles. The van der Waals surface area contributed by atoms with E-state index in [9.17, 15) is 0 Å². The van der Waals surface area contributed by atoms with E-state index in [0.717, 1.165) is 22.7 Å². The van der Waals surface area contributed by atoms with E-state index in [2.05, 4.69) is 215 Å². The summed E-state index contributed by atoms with van der Waals surface area (Å²) in [6, 6.07) is 101. The number of hydrogen-bond donors (Lipinski definition) is 0. The lowest BCUT2D eigenvalue weighted by Crippen LogP contribution is -2.29. The lowest BCUT2D eigenvalue weighted by Gasteiger charge is -2.36. The molecule has 85 heavy (non-hydrogen) atoms. The third-order valence-corrected chi connectivity index (χ3v) is 13.8. The zero-order valence-corrected chi connectivity index (χ0v) is 47.5. The molecule has 0 aliphatic heterocycles. The fourth-order valence-electron chi connectivity index (χ4n) is 9.50. The summed E-state index contributed by atoms with van der Waals surface area (Å²) in [4.78, 5) is 0. The van der Waals surface area contributed by atoms with Crippen LogP contribution in [0.1, 0.15) is 22.3 Å². The van der Waals surface area contributed by atoms with E-state index in [1.807, 2.05) is 194 Å². The molecule has 0 fully saturated rings. The SMILES string of the molecule is C(=C/c1ccccc1)/c1ccccc1.C(=C\c1ccccc1)/c1ccccc1.C1=CC2C=CC3C=CC=CC3C2C=C1.O.c1ccc(N=Nc2ccccc2)cc1.c1ccc(N=Nc2ccccc2)cc1.c1ccc2c(c1)ccc1ccccc12. The minimum Gasteiger partial charge on any atom is -0.412 e. The van der Waals surface area contributed by atoms with E-state index in [-0.39, 0.29) is 5.48 Å². The van der Waals surface area contributed by atoms with Gasteiger partial charge in [-0.15, -0.1) is 0 Å². The molecule has 0 aromatic heterocycles. The Morgan fingerprint density at radius 3 is 0.706 bits per heavy atom. The number of nitrogens with zero attached hydrogens (tertiary/aromatic N) is 4. The van der Waals surface area contributed by atoms with E-state index in [0.29, 0.717) is 23.7 Å². The Morgan fingerprint density at radius 2 is 0.435 bits per heavy atom. The molecule has 0 bridgehead atoms. The van der Waals surface area contributed by atoms with Gasteiger partial charge in [0.1, 0.15) is 0 Å². The number of benzene rings is 11. The maximum absolute atomic E-state index is 4.10. The summed E-state index contributed by atoms with van der Waals surface area (Å²) in [5.41, 5.74) is 8.42. The van der Waals surface area contributed by atoms with Gasteiger partial charge in [-0.1, -0.05) is 340 Å². The van der Waals surface area contributed by atoms with Crippen LogP contribution in [0.4, 0.5) is 22.7 Å². The molecule has 14 rings (SSSR count). The van der Waals surface area contributed by atoms with Crippen molar-refractivity contribution >= 4 is 68.6 Å². The molecule has 416 valence electrons. The van der Waals surface area contributed by atoms with Crippen LogP contribution in [0.2, 0.25) is 0 Å². The molecule has 0 amide bonds. The summed E-state index contributed by atoms with van der Waals surface area (Å²) in [7, 11) is 0. The Hall–Kier alpha value is -10.7. The van der Waals surface area contributed by atoms with Gasteiger partial charge < -0.3 is 5.48 Å². The van der Waals surface area contributed by atoms with Crippen molar-refractivity contribution < 1.29 is 5.48 Å². The van der Waals surface area contributed by atoms with E-state index in [1.165, 1.54) is 43.8 Å². The zero-order chi connectivity index (χ0) is 57.3. The molecule has 3 aliphatic carbocycles. The van der Waals surface area contributed by atoms with E-state index < -0.39 is 0 Å². The first-order valence-corrected chi connectivity index (χ1v) is 28.5. The van der Waals surface area contributed by atoms with Crippen LogP contribution in [0.15, 0.2) is 385 Å². The van der Waals surface area contributed by atoms with Crippen molar-refractivity contribution in [1.82, 2.24) is 0 Å². The van der Waals surface area contributed by atoms with Crippen LogP contribution in [0.25, 0.3) is 45.8 Å². The summed E-state index contributed by atoms with van der Waals surface area (Å²) in [6.45, 7) is 0. The van der Waals surface area contributed by atoms with E-state index in [1.54, 1.807) is 0 Å². The van der Waals surface area contributed by atoms with Gasteiger partial charge in [0.25, 0.3) is 0 Å². The second-order valence-corrected chi connectivity index (χ2v) is 19.8. The van der Waals surface area contributed by atoms with Crippen LogP contribution in [-0.4, -0.2) is 5.48 Å². The average Bonchev–Trinajstić information content (AvgIpc) is 3.76. The molecule has 0 heterocycles. The lowest BCUT2D eigenvalue weighted by atomic mass is 9.68. The second-order valence-electron chi connectivity index (χ2n) is 19.8. The monoisotopic (exact) mass is 1100 g/mol. The van der Waals surface area contributed by atoms with Gasteiger partial charge in [0, 0.05) is 11.8 Å². The van der Waals surface area contributed by atoms with Crippen molar-refractivity contribution in [2.24, 2.45) is 44.1 Å². The fourth-order valence-corrected chi connectivity index (χ4v) is 9.50. The Balaban J connectivity index is 0.000000132. The highest BCUT2D eigenvalue weighted by Gasteiger charge is 2.32. The molecule has 0 saturated heterocycles. The minimum atomic E-state index is 0. The van der Waals surface area contributed by atoms with E-state index >= 15 is 0 Å². The Kier molecular flexibility index (Phi) is 24.5. The standard InChI is InChI=1S/C14H14.C14H10.2C14H12.2C12H10N2.H2O/c2*1-3-7-13-11(5-1)9-10-12-6-2-4-8-14(12)13;2*1-3-7-13(8-4-1)11-12-14-9-5-2-6-10-14;2*1-3-7-11(8-4-1)13-14-12-9-5-2-6-10-12;/h1-14H;1-10H;2*1-12H;2*1-10H;1H2/b;;12-11+;12-11-;;;. The molecule has 2 N–H and O–H groups in total. The van der Waals surface area contributed by atoms with Crippen molar-refractivity contribution in [1.29, 1.82) is 0 Å². The van der Waals surface area contributed by atoms with Crippen LogP contribution in [0.3, 0.4) is 0 Å². The molecule has 5 nitrogen and oxygen atoms in total. The summed E-state index contributed by atoms with van der Waals surface area (Å²) < 4.78 is 0. The van der Waals surface area contributed by atoms with Crippen LogP contribution >= 0.6 is 0 Å². The predicted octanol–water partition coefficient (Wildman–Crippen LogP) is 22.4. The maximum atomic E-state index is 4.10. The summed E-state index contributed by atoms with van der Waals surface area (Å²) >= 11 is 0. The first-order valence-electron chi connectivity index (χ1n) is 28.5. The normalized spacial score (nSPS) is 15.7. The van der Waals surface area contributed by atoms with Gasteiger partial charge in [-0.3, -0.25) is 0 Å². The zero-order valence-electron chi connectivity index (χ0n) is 47.5. The fraction of sp³-hybridized carbons (Fsp3) is 0.0500. The smallest absolute Gasteiger partial charge is 0.0857 e. The Labute approximate surface area is 501 Å². The maximum Gasteiger partial charge on any atom is 0.0857 e. The van der Waals surface area contributed by atoms with Crippen molar-refractivity contribution in [2.75, 3.05) is 0 Å². The van der Waals surface area contributed by atoms with Gasteiger partial charge in [-0.2, -0.15) is 20.5 Å². The molecule has 11 aromatic rings. The van der Waals surface area contributed by atoms with E-state index in [4.69, 9.17) is 0 Å². The first kappa shape index (κ1) is 60.4. The highest BCUT2D eigenvalue weighted by Crippen LogP contribution is 2.40. The van der Waals surface area contributed by atoms with Gasteiger partial charge in [-0.05, 0) is 104 Å². The molecule has 0 unspecified atom stereocenters. The van der Waals surface area contributed by atoms with Gasteiger partial charge in [0.15, 0.2) is 0 Å². The minimum absolute atomic E-state index is 0. The van der Waals surface area contributed by atoms with Crippen molar-refractivity contribution in [2.45, 2.75) is 0 Å². The number of allylic oxidation sites excluding steroid dienone is 10. The van der Waals surface area contributed by atoms with Crippen LogP contribution in [-0.2, 0) is 0 Å². The van der Waals surface area contributed by atoms with Crippen LogP contribution in [0, 0.1) is 23.7 Å². The summed E-state index contributed by atoms with van der Waals surface area (Å²) in [6.07, 6.45) is 31.2. The average molecular weight is 1100 g/mol. The first-order chi connectivity index (χ1) is 41.7. The summed E-state index contributed by atoms with van der Waals surface area (Å²) in [5, 5.41) is 21.7. The molecule has 5 heteroatoms. The number of fused-ring (bicyclic) bond motifs is 6. The Bertz CT molecular complexity index is 3340. The van der Waals surface area contributed by atoms with Gasteiger partial charge in [-0.25, -0.2) is 0 Å². The molecule has 0 atom stereocenters. The van der Waals surface area contributed by atoms with Gasteiger partial charge in [0.05, 0.1) is 22.7 Å². The largest absolute Gasteiger partial charge is 0.412 e. The van der Waals surface area contributed by atoms with Gasteiger partial charge in [0.2, 0.25) is 0 Å². The third-order valence-electron chi connectivity index (χ3n) is 13.8. The molecular weight excluding hydrogens is 1030 g/mol. The van der Waals surface area contributed by atoms with Crippen LogP contribution in [0.5, 0.6) is 0 Å². The molecular formula is C80H70N4O. The highest BCUT2D eigenvalue weighted by atomic mass is 16.0. The Morgan fingerprint density at radius 1 is 0.212 bits per heavy atom. The van der Waals surface area contributed by atoms with Crippen molar-refractivity contribution in [3.05, 3.63) is 386 Å². The van der Waals surface area contributed by atoms with Crippen molar-refractivity contribution in [3.8, 4) is 0 Å². The molecule has 0 spiro atoms. The predicted molar refractivity (Wildman–Crippen MR) is 362 cm³/mol. The molecule has 3 aliphatic rings. The third kappa shape index (κ3) is 20.3. The molecule has 0 saturated carbocycles. The number of azo groups is 2. The van der Waals surface area contributed by atoms with Crippen molar-refractivity contribution in [3.63, 3.8) is 0 Å². The lowest BCUT2D eigenvalue weighted by molar-refractivity contribution is 0.348. The number of hydrogen-bond acceptors (Lipinski definition) is 4. The number of rotatable bonds is 8. The van der Waals surface area contributed by atoms with Gasteiger partial charge >= 0.3 is 0 Å². The van der Waals surface area contributed by atoms with Crippen LogP contribution < -0.4 is 0 Å². The molecule has 0 radical (unpaired) electrons.